The molecule has 0 bridgehead atoms. The van der Waals surface area contributed by atoms with Crippen LogP contribution in [0.5, 0.6) is 0 Å². The number of H-pyrrole nitrogens is 1. The van der Waals surface area contributed by atoms with Crippen LogP contribution >= 0.6 is 0 Å². The van der Waals surface area contributed by atoms with Gasteiger partial charge in [-0.2, -0.15) is 0 Å². The highest BCUT2D eigenvalue weighted by molar-refractivity contribution is 5.70. The Morgan fingerprint density at radius 1 is 1.40 bits per heavy atom. The Balaban J connectivity index is 2.56. The lowest BCUT2D eigenvalue weighted by Gasteiger charge is -2.18. The van der Waals surface area contributed by atoms with Gasteiger partial charge in [-0.15, -0.1) is 0 Å². The highest BCUT2D eigenvalue weighted by atomic mass is 15.0. The molecule has 4 nitrogen and oxygen atoms in total. The van der Waals surface area contributed by atoms with Crippen LogP contribution in [0.25, 0.3) is 11.2 Å². The zero-order valence-corrected chi connectivity index (χ0v) is 9.33. The largest absolute Gasteiger partial charge is 0.339 e. The smallest absolute Gasteiger partial charge is 0.178 e. The first-order valence-electron chi connectivity index (χ1n) is 5.15. The molecule has 0 saturated heterocycles. The lowest BCUT2D eigenvalue weighted by molar-refractivity contribution is 0.451. The Hall–Kier alpha value is -1.42. The molecular formula is C11H16N4. The number of hydrogen-bond donors (Lipinski definition) is 2. The molecule has 2 aromatic rings. The van der Waals surface area contributed by atoms with E-state index in [1.165, 1.54) is 0 Å². The first-order chi connectivity index (χ1) is 7.03. The zero-order chi connectivity index (χ0) is 11.1. The second kappa shape index (κ2) is 3.31. The standard InChI is InChI=1S/C11H16N4/c1-4-11(3,12)10-14-8-6-5-7(2)13-9(8)15-10/h5-6H,4,12H2,1-3H3,(H,13,14,15). The Morgan fingerprint density at radius 2 is 2.13 bits per heavy atom. The quantitative estimate of drug-likeness (QED) is 0.784. The number of fused-ring (bicyclic) bond motifs is 1. The van der Waals surface area contributed by atoms with Crippen molar-refractivity contribution < 1.29 is 0 Å². The summed E-state index contributed by atoms with van der Waals surface area (Å²) in [6, 6.07) is 3.95. The molecule has 3 N–H and O–H groups in total. The van der Waals surface area contributed by atoms with E-state index in [4.69, 9.17) is 5.73 Å². The van der Waals surface area contributed by atoms with Crippen LogP contribution in [0.15, 0.2) is 12.1 Å². The van der Waals surface area contributed by atoms with Crippen molar-refractivity contribution in [1.29, 1.82) is 0 Å². The Morgan fingerprint density at radius 3 is 2.80 bits per heavy atom. The zero-order valence-electron chi connectivity index (χ0n) is 9.33. The Labute approximate surface area is 88.9 Å². The van der Waals surface area contributed by atoms with E-state index in [9.17, 15) is 0 Å². The fraction of sp³-hybridized carbons (Fsp3) is 0.455. The molecule has 0 aliphatic heterocycles. The molecule has 4 heteroatoms. The molecule has 0 aliphatic carbocycles. The van der Waals surface area contributed by atoms with Gasteiger partial charge in [0.1, 0.15) is 5.82 Å². The molecule has 0 fully saturated rings. The molecule has 2 aromatic heterocycles. The van der Waals surface area contributed by atoms with E-state index in [2.05, 4.69) is 15.0 Å². The summed E-state index contributed by atoms with van der Waals surface area (Å²) in [5.41, 5.74) is 8.37. The predicted octanol–water partition coefficient (Wildman–Crippen LogP) is 1.85. The molecule has 0 saturated carbocycles. The van der Waals surface area contributed by atoms with Crippen LogP contribution in [0.4, 0.5) is 0 Å². The second-order valence-corrected chi connectivity index (χ2v) is 4.18. The van der Waals surface area contributed by atoms with E-state index >= 15 is 0 Å². The van der Waals surface area contributed by atoms with Crippen LogP contribution in [-0.4, -0.2) is 15.0 Å². The van der Waals surface area contributed by atoms with E-state index in [1.54, 1.807) is 0 Å². The van der Waals surface area contributed by atoms with Crippen molar-refractivity contribution in [2.24, 2.45) is 5.73 Å². The summed E-state index contributed by atoms with van der Waals surface area (Å²) in [5.74, 6) is 0.804. The van der Waals surface area contributed by atoms with Crippen LogP contribution < -0.4 is 5.73 Å². The number of pyridine rings is 1. The molecule has 2 heterocycles. The number of rotatable bonds is 2. The van der Waals surface area contributed by atoms with Crippen LogP contribution in [0.1, 0.15) is 31.8 Å². The van der Waals surface area contributed by atoms with Gasteiger partial charge in [0.05, 0.1) is 11.1 Å². The van der Waals surface area contributed by atoms with Gasteiger partial charge in [-0.05, 0) is 32.4 Å². The first kappa shape index (κ1) is 10.1. The molecule has 1 atom stereocenters. The Kier molecular flexibility index (Phi) is 2.23. The molecule has 1 unspecified atom stereocenters. The lowest BCUT2D eigenvalue weighted by Crippen LogP contribution is -2.33. The number of aromatic amines is 1. The van der Waals surface area contributed by atoms with Crippen molar-refractivity contribution in [3.05, 3.63) is 23.7 Å². The maximum Gasteiger partial charge on any atom is 0.178 e. The summed E-state index contributed by atoms with van der Waals surface area (Å²) < 4.78 is 0. The van der Waals surface area contributed by atoms with Gasteiger partial charge in [-0.1, -0.05) is 6.92 Å². The number of nitrogens with zero attached hydrogens (tertiary/aromatic N) is 2. The maximum absolute atomic E-state index is 6.12. The molecule has 0 amide bonds. The molecule has 80 valence electrons. The van der Waals surface area contributed by atoms with E-state index < -0.39 is 5.54 Å². The molecule has 2 rings (SSSR count). The van der Waals surface area contributed by atoms with E-state index in [0.717, 1.165) is 29.1 Å². The van der Waals surface area contributed by atoms with Gasteiger partial charge < -0.3 is 10.7 Å². The topological polar surface area (TPSA) is 67.6 Å². The highest BCUT2D eigenvalue weighted by Gasteiger charge is 2.22. The second-order valence-electron chi connectivity index (χ2n) is 4.18. The lowest BCUT2D eigenvalue weighted by atomic mass is 10.0. The number of aromatic nitrogens is 3. The van der Waals surface area contributed by atoms with Crippen molar-refractivity contribution in [3.8, 4) is 0 Å². The van der Waals surface area contributed by atoms with E-state index in [-0.39, 0.29) is 0 Å². The summed E-state index contributed by atoms with van der Waals surface area (Å²) in [6.07, 6.45) is 0.839. The van der Waals surface area contributed by atoms with Gasteiger partial charge in [-0.25, -0.2) is 9.97 Å². The van der Waals surface area contributed by atoms with Gasteiger partial charge in [0, 0.05) is 5.69 Å². The SMILES string of the molecule is CCC(C)(N)c1nc2nc(C)ccc2[nH]1. The van der Waals surface area contributed by atoms with Crippen LogP contribution in [-0.2, 0) is 5.54 Å². The third-order valence-electron chi connectivity index (χ3n) is 2.76. The minimum absolute atomic E-state index is 0.408. The van der Waals surface area contributed by atoms with Gasteiger partial charge in [-0.3, -0.25) is 0 Å². The normalized spacial score (nSPS) is 15.5. The number of aryl methyl sites for hydroxylation is 1. The van der Waals surface area contributed by atoms with Crippen LogP contribution in [0.2, 0.25) is 0 Å². The third kappa shape index (κ3) is 1.72. The summed E-state index contributed by atoms with van der Waals surface area (Å²) >= 11 is 0. The molecule has 0 aliphatic rings. The van der Waals surface area contributed by atoms with Crippen LogP contribution in [0, 0.1) is 6.92 Å². The van der Waals surface area contributed by atoms with Gasteiger partial charge in [0.15, 0.2) is 5.65 Å². The number of imidazole rings is 1. The summed E-state index contributed by atoms with van der Waals surface area (Å²) in [5, 5.41) is 0. The number of nitrogens with one attached hydrogen (secondary N) is 1. The average Bonchev–Trinajstić information content (AvgIpc) is 2.61. The summed E-state index contributed by atoms with van der Waals surface area (Å²) in [7, 11) is 0. The maximum atomic E-state index is 6.12. The highest BCUT2D eigenvalue weighted by Crippen LogP contribution is 2.20. The average molecular weight is 204 g/mol. The number of nitrogens with two attached hydrogens (primary N) is 1. The van der Waals surface area contributed by atoms with Crippen LogP contribution in [0.3, 0.4) is 0 Å². The summed E-state index contributed by atoms with van der Waals surface area (Å²) in [6.45, 7) is 5.97. The number of hydrogen-bond acceptors (Lipinski definition) is 3. The predicted molar refractivity (Wildman–Crippen MR) is 60.5 cm³/mol. The molecule has 15 heavy (non-hydrogen) atoms. The molecule has 0 spiro atoms. The van der Waals surface area contributed by atoms with Gasteiger partial charge in [0.25, 0.3) is 0 Å². The van der Waals surface area contributed by atoms with E-state index in [1.807, 2.05) is 32.9 Å². The summed E-state index contributed by atoms with van der Waals surface area (Å²) in [4.78, 5) is 12.0. The minimum atomic E-state index is -0.408. The monoisotopic (exact) mass is 204 g/mol. The molecule has 0 radical (unpaired) electrons. The van der Waals surface area contributed by atoms with Crippen molar-refractivity contribution in [3.63, 3.8) is 0 Å². The fourth-order valence-electron chi connectivity index (χ4n) is 1.43. The van der Waals surface area contributed by atoms with Gasteiger partial charge in [0.2, 0.25) is 0 Å². The molecular weight excluding hydrogens is 188 g/mol. The minimum Gasteiger partial charge on any atom is -0.339 e. The van der Waals surface area contributed by atoms with Crippen molar-refractivity contribution in [2.75, 3.05) is 0 Å². The first-order valence-corrected chi connectivity index (χ1v) is 5.15. The van der Waals surface area contributed by atoms with Crippen molar-refractivity contribution in [2.45, 2.75) is 32.7 Å². The van der Waals surface area contributed by atoms with Crippen molar-refractivity contribution in [1.82, 2.24) is 15.0 Å². The Bertz CT molecular complexity index is 484. The fourth-order valence-corrected chi connectivity index (χ4v) is 1.43. The third-order valence-corrected chi connectivity index (χ3v) is 2.76. The van der Waals surface area contributed by atoms with Crippen molar-refractivity contribution >= 4 is 11.2 Å². The molecule has 0 aromatic carbocycles. The van der Waals surface area contributed by atoms with E-state index in [0.29, 0.717) is 0 Å². The van der Waals surface area contributed by atoms with Gasteiger partial charge >= 0.3 is 0 Å².